The van der Waals surface area contributed by atoms with Crippen LogP contribution in [0, 0.1) is 0 Å². The quantitative estimate of drug-likeness (QED) is 0.195. The number of hydrogen-bond acceptors (Lipinski definition) is 6. The van der Waals surface area contributed by atoms with Gasteiger partial charge in [0.15, 0.2) is 17.4 Å². The zero-order chi connectivity index (χ0) is 9.00. The van der Waals surface area contributed by atoms with Crippen molar-refractivity contribution in [2.75, 3.05) is 0 Å². The maximum Gasteiger partial charge on any atom is 0.668 e. The molecule has 0 unspecified atom stereocenters. The van der Waals surface area contributed by atoms with Crippen LogP contribution in [0.2, 0.25) is 0 Å². The molecule has 0 aromatic heterocycles. The minimum Gasteiger partial charge on any atom is -0.368 e. The van der Waals surface area contributed by atoms with Crippen LogP contribution in [0.15, 0.2) is 0 Å². The summed E-state index contributed by atoms with van der Waals surface area (Å²) in [4.78, 5) is 29.3. The summed E-state index contributed by atoms with van der Waals surface area (Å²) in [6, 6.07) is 0. The molecular weight excluding hydrogens is 306 g/mol. The third kappa shape index (κ3) is 1050. The standard InChI is InChI=1S/Al.ClH.Fe.H2O4S.H4O4Si.3H/c;;;2*1-5(2,3)4;;;/h;1H;;(H2,1,2,3,4);1-4H;;;. The van der Waals surface area contributed by atoms with Crippen molar-refractivity contribution in [1.82, 2.24) is 0 Å². The first-order valence-corrected chi connectivity index (χ1v) is 4.78. The molecule has 0 aliphatic carbocycles. The van der Waals surface area contributed by atoms with E-state index < -0.39 is 19.4 Å². The first-order valence-electron chi connectivity index (χ1n) is 1.59. The van der Waals surface area contributed by atoms with E-state index >= 15 is 0 Å². The molecule has 13 heavy (non-hydrogen) atoms. The smallest absolute Gasteiger partial charge is 0.368 e. The van der Waals surface area contributed by atoms with Gasteiger partial charge in [-0.05, 0) is 0 Å². The first kappa shape index (κ1) is 29.2. The maximum atomic E-state index is 8.74. The average Bonchev–Trinajstić information content (AvgIpc) is 1.12. The van der Waals surface area contributed by atoms with Gasteiger partial charge in [0.25, 0.3) is 0 Å². The van der Waals surface area contributed by atoms with E-state index in [1.807, 2.05) is 0 Å². The fourth-order valence-electron chi connectivity index (χ4n) is 0. The van der Waals surface area contributed by atoms with E-state index in [9.17, 15) is 0 Å². The van der Waals surface area contributed by atoms with E-state index in [0.717, 1.165) is 0 Å². The average molecular weight is 317 g/mol. The van der Waals surface area contributed by atoms with Crippen LogP contribution in [-0.2, 0) is 27.5 Å². The molecular formula is H10AlClFeO8SSi. The Morgan fingerprint density at radius 3 is 0.923 bits per heavy atom. The van der Waals surface area contributed by atoms with Gasteiger partial charge in [0.2, 0.25) is 0 Å². The van der Waals surface area contributed by atoms with Gasteiger partial charge in [-0.1, -0.05) is 0 Å². The molecule has 8 nitrogen and oxygen atoms in total. The van der Waals surface area contributed by atoms with Crippen LogP contribution in [-0.4, -0.2) is 63.1 Å². The summed E-state index contributed by atoms with van der Waals surface area (Å²) >= 11 is 0. The summed E-state index contributed by atoms with van der Waals surface area (Å²) in [6.07, 6.45) is 0. The van der Waals surface area contributed by atoms with Crippen molar-refractivity contribution in [1.29, 1.82) is 0 Å². The van der Waals surface area contributed by atoms with Crippen molar-refractivity contribution < 1.29 is 53.8 Å². The Morgan fingerprint density at radius 2 is 0.923 bits per heavy atom. The van der Waals surface area contributed by atoms with Crippen molar-refractivity contribution in [3.05, 3.63) is 0 Å². The van der Waals surface area contributed by atoms with Crippen LogP contribution in [0.4, 0.5) is 0 Å². The summed E-state index contributed by atoms with van der Waals surface area (Å²) in [6.45, 7) is 0. The van der Waals surface area contributed by atoms with Gasteiger partial charge in [-0.25, -0.2) is 0 Å². The van der Waals surface area contributed by atoms with E-state index in [2.05, 4.69) is 0 Å². The van der Waals surface area contributed by atoms with Crippen molar-refractivity contribution in [2.24, 2.45) is 0 Å². The van der Waals surface area contributed by atoms with Crippen molar-refractivity contribution in [3.8, 4) is 0 Å². The Kier molecular flexibility index (Phi) is 25.5. The van der Waals surface area contributed by atoms with Crippen molar-refractivity contribution >= 4 is 49.2 Å². The van der Waals surface area contributed by atoms with Crippen LogP contribution in [0.25, 0.3) is 0 Å². The van der Waals surface area contributed by atoms with Gasteiger partial charge in [-0.2, -0.15) is 8.42 Å². The fourth-order valence-corrected chi connectivity index (χ4v) is 0. The first-order chi connectivity index (χ1) is 4.00. The molecule has 6 N–H and O–H groups in total. The normalized spacial score (nSPS) is 9.08. The molecule has 0 aromatic rings. The molecule has 13 heteroatoms. The third-order valence-corrected chi connectivity index (χ3v) is 0. The molecule has 0 bridgehead atoms. The van der Waals surface area contributed by atoms with E-state index in [1.54, 1.807) is 0 Å². The number of hydrogen-bond donors (Lipinski definition) is 6. The van der Waals surface area contributed by atoms with E-state index in [-0.39, 0.29) is 46.8 Å². The molecule has 0 aliphatic rings. The zero-order valence-corrected chi connectivity index (χ0v) is 8.91. The summed E-state index contributed by atoms with van der Waals surface area (Å²) < 4.78 is 31.6. The minimum atomic E-state index is -4.67. The third-order valence-electron chi connectivity index (χ3n) is 0. The molecule has 0 amide bonds. The Bertz CT molecular complexity index is 159. The van der Waals surface area contributed by atoms with Gasteiger partial charge in [0, 0.05) is 17.1 Å². The predicted molar refractivity (Wildman–Crippen MR) is 46.0 cm³/mol. The molecule has 0 spiro atoms. The second-order valence-corrected chi connectivity index (χ2v) is 3.14. The summed E-state index contributed by atoms with van der Waals surface area (Å²) in [5.41, 5.74) is 0. The van der Waals surface area contributed by atoms with Crippen molar-refractivity contribution in [2.45, 2.75) is 0 Å². The summed E-state index contributed by atoms with van der Waals surface area (Å²) in [7, 11) is -9.28. The Balaban J connectivity index is -0.0000000267. The fraction of sp³-hybridized carbons (Fsp3) is 0. The summed E-state index contributed by atoms with van der Waals surface area (Å²) in [5.74, 6) is 0. The molecule has 0 aliphatic heterocycles. The predicted octanol–water partition coefficient (Wildman–Crippen LogP) is -4.03. The second-order valence-electron chi connectivity index (χ2n) is 1.05. The molecule has 86 valence electrons. The van der Waals surface area contributed by atoms with Crippen LogP contribution in [0.3, 0.4) is 0 Å². The van der Waals surface area contributed by atoms with Crippen LogP contribution < -0.4 is 0 Å². The molecule has 0 saturated heterocycles. The SMILES string of the molecule is Cl.O=S(=O)(O)O.O[Si](O)(O)O.[AlH3].[Fe]. The maximum absolute atomic E-state index is 8.74. The molecule has 0 atom stereocenters. The van der Waals surface area contributed by atoms with Gasteiger partial charge in [0.05, 0.1) is 0 Å². The molecule has 0 radical (unpaired) electrons. The Morgan fingerprint density at radius 1 is 0.923 bits per heavy atom. The second kappa shape index (κ2) is 11.3. The monoisotopic (exact) mass is 316 g/mol. The van der Waals surface area contributed by atoms with Gasteiger partial charge in [-0.3, -0.25) is 9.11 Å². The van der Waals surface area contributed by atoms with Crippen LogP contribution in [0.1, 0.15) is 0 Å². The minimum absolute atomic E-state index is 0. The zero-order valence-electron chi connectivity index (χ0n) is 5.17. The molecule has 0 rings (SSSR count). The van der Waals surface area contributed by atoms with Crippen LogP contribution >= 0.6 is 12.4 Å². The van der Waals surface area contributed by atoms with E-state index in [1.165, 1.54) is 0 Å². The van der Waals surface area contributed by atoms with Gasteiger partial charge in [0.1, 0.15) is 0 Å². The molecule has 0 fully saturated rings. The number of rotatable bonds is 0. The van der Waals surface area contributed by atoms with Crippen LogP contribution in [0.5, 0.6) is 0 Å². The topological polar surface area (TPSA) is 156 Å². The molecule has 0 saturated carbocycles. The van der Waals surface area contributed by atoms with Crippen molar-refractivity contribution in [3.63, 3.8) is 0 Å². The number of halogens is 1. The van der Waals surface area contributed by atoms with Gasteiger partial charge >= 0.3 is 19.4 Å². The van der Waals surface area contributed by atoms with Gasteiger partial charge in [-0.15, -0.1) is 12.4 Å². The Labute approximate surface area is 103 Å². The Hall–Kier alpha value is 1.27. The van der Waals surface area contributed by atoms with E-state index in [0.29, 0.717) is 0 Å². The molecule has 0 aromatic carbocycles. The van der Waals surface area contributed by atoms with Gasteiger partial charge < -0.3 is 19.2 Å². The molecule has 0 heterocycles. The van der Waals surface area contributed by atoms with E-state index in [4.69, 9.17) is 36.7 Å². The summed E-state index contributed by atoms with van der Waals surface area (Å²) in [5, 5.41) is 0. The largest absolute Gasteiger partial charge is 0.668 e.